The second kappa shape index (κ2) is 9.28. The highest BCUT2D eigenvalue weighted by molar-refractivity contribution is 7.91. The van der Waals surface area contributed by atoms with Crippen molar-refractivity contribution in [3.05, 3.63) is 93.8 Å². The lowest BCUT2D eigenvalue weighted by Gasteiger charge is -2.27. The number of nitrogens with zero attached hydrogens (tertiary/aromatic N) is 2. The third kappa shape index (κ3) is 4.05. The van der Waals surface area contributed by atoms with Gasteiger partial charge in [0.2, 0.25) is 9.84 Å². The van der Waals surface area contributed by atoms with Crippen molar-refractivity contribution in [2.75, 3.05) is 4.90 Å². The second-order valence-corrected chi connectivity index (χ2v) is 11.7. The quantitative estimate of drug-likeness (QED) is 0.264. The number of ketones is 1. The monoisotopic (exact) mass is 536 g/mol. The van der Waals surface area contributed by atoms with E-state index in [1.807, 2.05) is 31.4 Å². The maximum Gasteiger partial charge on any atom is 0.260 e. The van der Waals surface area contributed by atoms with E-state index in [0.717, 1.165) is 5.56 Å². The first-order valence-corrected chi connectivity index (χ1v) is 14.0. The van der Waals surface area contributed by atoms with E-state index in [1.54, 1.807) is 29.2 Å². The van der Waals surface area contributed by atoms with Crippen LogP contribution in [0.3, 0.4) is 0 Å². The van der Waals surface area contributed by atoms with Crippen molar-refractivity contribution in [2.45, 2.75) is 36.1 Å². The first kappa shape index (κ1) is 24.4. The summed E-state index contributed by atoms with van der Waals surface area (Å²) in [7, 11) is -3.96. The predicted molar refractivity (Wildman–Crippen MR) is 141 cm³/mol. The number of amides is 1. The first-order chi connectivity index (χ1) is 17.2. The molecule has 3 aromatic carbocycles. The molecule has 0 bridgehead atoms. The Balaban J connectivity index is 1.55. The van der Waals surface area contributed by atoms with Crippen molar-refractivity contribution in [1.29, 1.82) is 0 Å². The van der Waals surface area contributed by atoms with Crippen molar-refractivity contribution in [3.8, 4) is 11.3 Å². The van der Waals surface area contributed by atoms with Crippen LogP contribution in [0.15, 0.2) is 81.9 Å². The molecule has 5 rings (SSSR count). The van der Waals surface area contributed by atoms with Crippen LogP contribution in [0.4, 0.5) is 5.13 Å². The molecule has 1 unspecified atom stereocenters. The molecule has 0 N–H and O–H groups in total. The third-order valence-corrected chi connectivity index (χ3v) is 9.22. The number of anilines is 1. The number of halogens is 1. The summed E-state index contributed by atoms with van der Waals surface area (Å²) in [4.78, 5) is 32.8. The summed E-state index contributed by atoms with van der Waals surface area (Å²) in [6.07, 6.45) is 0.663. The van der Waals surface area contributed by atoms with Gasteiger partial charge in [0.15, 0.2) is 10.9 Å². The van der Waals surface area contributed by atoms with E-state index in [0.29, 0.717) is 22.3 Å². The fourth-order valence-electron chi connectivity index (χ4n) is 4.14. The van der Waals surface area contributed by atoms with Crippen molar-refractivity contribution in [3.63, 3.8) is 0 Å². The third-order valence-electron chi connectivity index (χ3n) is 6.27. The largest absolute Gasteiger partial charge is 0.289 e. The number of carbonyl (C=O) groups excluding carboxylic acids is 2. The van der Waals surface area contributed by atoms with Crippen LogP contribution in [-0.4, -0.2) is 31.1 Å². The lowest BCUT2D eigenvalue weighted by atomic mass is 10.0. The van der Waals surface area contributed by atoms with Gasteiger partial charge >= 0.3 is 0 Å². The van der Waals surface area contributed by atoms with Crippen LogP contribution in [0, 0.1) is 0 Å². The number of benzene rings is 3. The Bertz CT molecular complexity index is 1610. The highest BCUT2D eigenvalue weighted by Crippen LogP contribution is 2.36. The summed E-state index contributed by atoms with van der Waals surface area (Å²) < 4.78 is 26.7. The average molecular weight is 537 g/mol. The summed E-state index contributed by atoms with van der Waals surface area (Å²) in [6, 6.07) is 17.4. The van der Waals surface area contributed by atoms with Gasteiger partial charge in [-0.15, -0.1) is 11.3 Å². The number of carbonyl (C=O) groups is 2. The van der Waals surface area contributed by atoms with Crippen LogP contribution in [-0.2, 0) is 9.84 Å². The summed E-state index contributed by atoms with van der Waals surface area (Å²) in [5.41, 5.74) is 1.97. The van der Waals surface area contributed by atoms with Gasteiger partial charge in [0, 0.05) is 38.7 Å². The molecule has 0 saturated heterocycles. The summed E-state index contributed by atoms with van der Waals surface area (Å²) in [5.74, 6) is -0.758. The molecule has 1 aliphatic rings. The standard InChI is InChI=1S/C27H21ClN2O4S2/c1-3-16(2)30(27-29-22(15-35-27)17-8-11-19(28)12-9-17)26(32)18-10-13-21-24(14-18)36(33,34)23-7-5-4-6-20(23)25(21)31/h4-16H,3H2,1-2H3. The molecule has 182 valence electrons. The van der Waals surface area contributed by atoms with Gasteiger partial charge in [-0.05, 0) is 55.8 Å². The van der Waals surface area contributed by atoms with Gasteiger partial charge in [-0.3, -0.25) is 14.5 Å². The average Bonchev–Trinajstić information content (AvgIpc) is 3.37. The van der Waals surface area contributed by atoms with Gasteiger partial charge in [0.25, 0.3) is 5.91 Å². The zero-order chi connectivity index (χ0) is 25.6. The minimum Gasteiger partial charge on any atom is -0.289 e. The Hall–Kier alpha value is -3.33. The molecule has 36 heavy (non-hydrogen) atoms. The van der Waals surface area contributed by atoms with Crippen molar-refractivity contribution in [1.82, 2.24) is 4.98 Å². The van der Waals surface area contributed by atoms with E-state index in [-0.39, 0.29) is 44.2 Å². The normalized spacial score (nSPS) is 14.6. The van der Waals surface area contributed by atoms with Gasteiger partial charge in [0.1, 0.15) is 0 Å². The van der Waals surface area contributed by atoms with E-state index in [4.69, 9.17) is 16.6 Å². The van der Waals surface area contributed by atoms with Crippen molar-refractivity contribution < 1.29 is 18.0 Å². The van der Waals surface area contributed by atoms with Crippen LogP contribution in [0.1, 0.15) is 46.5 Å². The Morgan fingerprint density at radius 1 is 1.03 bits per heavy atom. The molecule has 0 fully saturated rings. The van der Waals surface area contributed by atoms with Gasteiger partial charge in [-0.25, -0.2) is 13.4 Å². The highest BCUT2D eigenvalue weighted by Gasteiger charge is 2.36. The molecule has 4 aromatic rings. The number of fused-ring (bicyclic) bond motifs is 2. The van der Waals surface area contributed by atoms with E-state index in [1.165, 1.54) is 41.7 Å². The maximum absolute atomic E-state index is 13.8. The highest BCUT2D eigenvalue weighted by atomic mass is 35.5. The Morgan fingerprint density at radius 2 is 1.72 bits per heavy atom. The minimum absolute atomic E-state index is 0.0431. The number of aromatic nitrogens is 1. The molecule has 6 nitrogen and oxygen atoms in total. The molecule has 0 spiro atoms. The summed E-state index contributed by atoms with van der Waals surface area (Å²) in [5, 5.41) is 2.99. The van der Waals surface area contributed by atoms with Gasteiger partial charge < -0.3 is 0 Å². The Kier molecular flexibility index (Phi) is 6.28. The molecule has 1 atom stereocenters. The number of hydrogen-bond acceptors (Lipinski definition) is 6. The van der Waals surface area contributed by atoms with E-state index >= 15 is 0 Å². The lowest BCUT2D eigenvalue weighted by molar-refractivity contribution is 0.0974. The van der Waals surface area contributed by atoms with Crippen LogP contribution in [0.5, 0.6) is 0 Å². The number of hydrogen-bond donors (Lipinski definition) is 0. The lowest BCUT2D eigenvalue weighted by Crippen LogP contribution is -2.38. The fraction of sp³-hybridized carbons (Fsp3) is 0.148. The minimum atomic E-state index is -3.96. The van der Waals surface area contributed by atoms with Gasteiger partial charge in [-0.2, -0.15) is 0 Å². The van der Waals surface area contributed by atoms with Gasteiger partial charge in [0.05, 0.1) is 15.5 Å². The smallest absolute Gasteiger partial charge is 0.260 e. The molecule has 0 saturated carbocycles. The van der Waals surface area contributed by atoms with E-state index in [9.17, 15) is 18.0 Å². The van der Waals surface area contributed by atoms with Gasteiger partial charge in [-0.1, -0.05) is 42.8 Å². The molecule has 9 heteroatoms. The number of thiazole rings is 1. The van der Waals surface area contributed by atoms with E-state index in [2.05, 4.69) is 0 Å². The van der Waals surface area contributed by atoms with Crippen LogP contribution in [0.25, 0.3) is 11.3 Å². The predicted octanol–water partition coefficient (Wildman–Crippen LogP) is 6.29. The molecule has 0 aliphatic carbocycles. The molecular weight excluding hydrogens is 516 g/mol. The Labute approximate surface area is 218 Å². The second-order valence-electron chi connectivity index (χ2n) is 8.49. The fourth-order valence-corrected chi connectivity index (χ4v) is 6.88. The zero-order valence-corrected chi connectivity index (χ0v) is 21.8. The van der Waals surface area contributed by atoms with Crippen LogP contribution >= 0.6 is 22.9 Å². The first-order valence-electron chi connectivity index (χ1n) is 11.3. The molecule has 1 aromatic heterocycles. The topological polar surface area (TPSA) is 84.4 Å². The van der Waals surface area contributed by atoms with E-state index < -0.39 is 9.84 Å². The van der Waals surface area contributed by atoms with Crippen molar-refractivity contribution in [2.24, 2.45) is 0 Å². The molecule has 1 aliphatic heterocycles. The SMILES string of the molecule is CCC(C)N(C(=O)c1ccc2c(c1)S(=O)(=O)c1ccccc1C2=O)c1nc(-c2ccc(Cl)cc2)cs1. The molecule has 0 radical (unpaired) electrons. The molecule has 2 heterocycles. The van der Waals surface area contributed by atoms with Crippen LogP contribution in [0.2, 0.25) is 5.02 Å². The number of sulfone groups is 1. The Morgan fingerprint density at radius 3 is 2.44 bits per heavy atom. The maximum atomic E-state index is 13.8. The summed E-state index contributed by atoms with van der Waals surface area (Å²) in [6.45, 7) is 3.88. The molecular formula is C27H21ClN2O4S2. The van der Waals surface area contributed by atoms with Crippen LogP contribution < -0.4 is 4.90 Å². The van der Waals surface area contributed by atoms with Crippen molar-refractivity contribution >= 4 is 49.6 Å². The zero-order valence-electron chi connectivity index (χ0n) is 19.4. The summed E-state index contributed by atoms with van der Waals surface area (Å²) >= 11 is 7.33. The number of rotatable bonds is 5. The molecule has 1 amide bonds.